The maximum Gasteiger partial charge on any atom is 1.00 e. The average molecular weight is 555 g/mol. The molecule has 0 heterocycles. The van der Waals surface area contributed by atoms with Crippen molar-refractivity contribution in [3.63, 3.8) is 0 Å². The second kappa shape index (κ2) is 21.1. The van der Waals surface area contributed by atoms with Gasteiger partial charge in [-0.2, -0.15) is 0 Å². The summed E-state index contributed by atoms with van der Waals surface area (Å²) in [7, 11) is -4.53. The Hall–Kier alpha value is 0.246. The summed E-state index contributed by atoms with van der Waals surface area (Å²) in [4.78, 5) is 0.0218. The van der Waals surface area contributed by atoms with Gasteiger partial charge in [0.1, 0.15) is 10.1 Å². The van der Waals surface area contributed by atoms with Crippen LogP contribution >= 0.6 is 0 Å². The molecule has 0 fully saturated rings. The molecular weight excluding hydrogens is 504 g/mol. The molecule has 3 nitrogen and oxygen atoms in total. The minimum atomic E-state index is -4.53. The average Bonchev–Trinajstić information content (AvgIpc) is 2.85. The zero-order chi connectivity index (χ0) is 26.1. The van der Waals surface area contributed by atoms with Crippen molar-refractivity contribution in [2.75, 3.05) is 0 Å². The number of hydrogen-bond acceptors (Lipinski definition) is 3. The molecule has 0 radical (unpaired) electrons. The Morgan fingerprint density at radius 1 is 0.595 bits per heavy atom. The van der Waals surface area contributed by atoms with Crippen molar-refractivity contribution in [2.45, 2.75) is 147 Å². The van der Waals surface area contributed by atoms with Gasteiger partial charge < -0.3 is 4.55 Å². The Kier molecular flexibility index (Phi) is 20.1. The van der Waals surface area contributed by atoms with Crippen LogP contribution in [0.4, 0.5) is 0 Å². The summed E-state index contributed by atoms with van der Waals surface area (Å²) in [6.45, 7) is 4.49. The predicted molar refractivity (Wildman–Crippen MR) is 154 cm³/mol. The number of aryl methyl sites for hydroxylation is 2. The van der Waals surface area contributed by atoms with Crippen LogP contribution in [-0.2, 0) is 23.0 Å². The van der Waals surface area contributed by atoms with Crippen molar-refractivity contribution < 1.29 is 64.4 Å². The van der Waals surface area contributed by atoms with E-state index in [1.54, 1.807) is 0 Å². The third kappa shape index (κ3) is 14.4. The molecule has 2 rings (SSSR count). The molecule has 0 aliphatic carbocycles. The van der Waals surface area contributed by atoms with Gasteiger partial charge in [0.2, 0.25) is 0 Å². The van der Waals surface area contributed by atoms with Crippen molar-refractivity contribution in [2.24, 2.45) is 0 Å². The maximum absolute atomic E-state index is 12.3. The molecule has 0 unspecified atom stereocenters. The monoisotopic (exact) mass is 554 g/mol. The van der Waals surface area contributed by atoms with Crippen molar-refractivity contribution in [1.82, 2.24) is 0 Å². The van der Waals surface area contributed by atoms with E-state index in [4.69, 9.17) is 0 Å². The first-order valence-electron chi connectivity index (χ1n) is 15.0. The summed E-state index contributed by atoms with van der Waals surface area (Å²) in [6, 6.07) is 9.88. The van der Waals surface area contributed by atoms with E-state index in [0.717, 1.165) is 36.6 Å². The molecule has 0 aromatic heterocycles. The topological polar surface area (TPSA) is 57.2 Å². The first-order valence-corrected chi connectivity index (χ1v) is 16.4. The normalized spacial score (nSPS) is 11.6. The molecule has 5 heteroatoms. The van der Waals surface area contributed by atoms with Gasteiger partial charge in [-0.1, -0.05) is 141 Å². The van der Waals surface area contributed by atoms with Crippen LogP contribution in [0.25, 0.3) is 10.8 Å². The fraction of sp³-hybridized carbons (Fsp3) is 0.688. The van der Waals surface area contributed by atoms with Crippen LogP contribution in [0.1, 0.15) is 141 Å². The van der Waals surface area contributed by atoms with Crippen LogP contribution in [0.15, 0.2) is 35.2 Å². The zero-order valence-corrected chi connectivity index (χ0v) is 28.1. The SMILES string of the molecule is CCCCCCCCCCCc1ccc2ccc(CCCCCCCCCCC)c(S(=O)(=O)[O-])c2c1.[K+]. The molecule has 0 aliphatic rings. The summed E-state index contributed by atoms with van der Waals surface area (Å²) in [5.74, 6) is 0. The molecule has 0 bridgehead atoms. The Morgan fingerprint density at radius 2 is 1.03 bits per heavy atom. The van der Waals surface area contributed by atoms with Gasteiger partial charge >= 0.3 is 51.4 Å². The van der Waals surface area contributed by atoms with E-state index in [9.17, 15) is 13.0 Å². The molecule has 0 saturated carbocycles. The molecule has 2 aromatic rings. The molecule has 0 aliphatic heterocycles. The summed E-state index contributed by atoms with van der Waals surface area (Å²) >= 11 is 0. The molecule has 0 spiro atoms. The smallest absolute Gasteiger partial charge is 0.744 e. The Balaban J connectivity index is 0.00000684. The van der Waals surface area contributed by atoms with Crippen LogP contribution < -0.4 is 51.4 Å². The van der Waals surface area contributed by atoms with Gasteiger partial charge in [0.05, 0.1) is 4.90 Å². The maximum atomic E-state index is 12.3. The molecule has 204 valence electrons. The minimum absolute atomic E-state index is 0. The van der Waals surface area contributed by atoms with E-state index in [1.807, 2.05) is 24.3 Å². The van der Waals surface area contributed by atoms with Gasteiger partial charge in [-0.25, -0.2) is 8.42 Å². The van der Waals surface area contributed by atoms with E-state index < -0.39 is 10.1 Å². The van der Waals surface area contributed by atoms with E-state index in [-0.39, 0.29) is 56.3 Å². The van der Waals surface area contributed by atoms with E-state index in [0.29, 0.717) is 17.4 Å². The molecule has 0 atom stereocenters. The second-order valence-electron chi connectivity index (χ2n) is 10.7. The second-order valence-corrected chi connectivity index (χ2v) is 12.0. The number of hydrogen-bond donors (Lipinski definition) is 0. The van der Waals surface area contributed by atoms with Gasteiger partial charge in [0.25, 0.3) is 0 Å². The quantitative estimate of drug-likeness (QED) is 0.0958. The Labute approximate surface area is 271 Å². The van der Waals surface area contributed by atoms with Crippen molar-refractivity contribution in [3.05, 3.63) is 41.5 Å². The van der Waals surface area contributed by atoms with Crippen molar-refractivity contribution in [3.8, 4) is 0 Å². The fourth-order valence-corrected chi connectivity index (χ4v) is 6.24. The standard InChI is InChI=1S/C32H52O3S.K/c1-3-5-7-9-11-13-15-17-19-21-28-23-24-29-25-26-30(32(31(29)27-28)36(33,34)35)22-20-18-16-14-12-10-8-6-4-2;/h23-27H,3-22H2,1-2H3,(H,33,34,35);/q;+1/p-1. The van der Waals surface area contributed by atoms with Gasteiger partial charge in [0, 0.05) is 0 Å². The molecule has 2 aromatic carbocycles. The molecule has 37 heavy (non-hydrogen) atoms. The molecule has 0 saturated heterocycles. The zero-order valence-electron chi connectivity index (χ0n) is 24.2. The number of benzene rings is 2. The third-order valence-electron chi connectivity index (χ3n) is 7.49. The fourth-order valence-electron chi connectivity index (χ4n) is 5.30. The summed E-state index contributed by atoms with van der Waals surface area (Å²) < 4.78 is 36.9. The van der Waals surface area contributed by atoms with Crippen LogP contribution in [0, 0.1) is 0 Å². The summed E-state index contributed by atoms with van der Waals surface area (Å²) in [6.07, 6.45) is 24.2. The van der Waals surface area contributed by atoms with Gasteiger partial charge in [0.15, 0.2) is 0 Å². The largest absolute Gasteiger partial charge is 1.00 e. The van der Waals surface area contributed by atoms with Gasteiger partial charge in [-0.3, -0.25) is 0 Å². The van der Waals surface area contributed by atoms with E-state index in [1.165, 1.54) is 96.3 Å². The Morgan fingerprint density at radius 3 is 1.51 bits per heavy atom. The van der Waals surface area contributed by atoms with Crippen molar-refractivity contribution >= 4 is 20.9 Å². The Bertz CT molecular complexity index is 966. The van der Waals surface area contributed by atoms with Crippen LogP contribution in [0.2, 0.25) is 0 Å². The number of fused-ring (bicyclic) bond motifs is 1. The first kappa shape index (κ1) is 35.3. The van der Waals surface area contributed by atoms with Gasteiger partial charge in [-0.15, -0.1) is 0 Å². The first-order chi connectivity index (χ1) is 17.5. The number of unbranched alkanes of at least 4 members (excludes halogenated alkanes) is 16. The number of rotatable bonds is 21. The minimum Gasteiger partial charge on any atom is -0.744 e. The van der Waals surface area contributed by atoms with E-state index in [2.05, 4.69) is 19.9 Å². The third-order valence-corrected chi connectivity index (χ3v) is 8.47. The molecule has 0 amide bonds. The van der Waals surface area contributed by atoms with E-state index >= 15 is 0 Å². The summed E-state index contributed by atoms with van der Waals surface area (Å²) in [5.41, 5.74) is 1.83. The molecular formula is C32H51KO3S. The molecule has 0 N–H and O–H groups in total. The van der Waals surface area contributed by atoms with Gasteiger partial charge in [-0.05, 0) is 53.6 Å². The summed E-state index contributed by atoms with van der Waals surface area (Å²) in [5, 5.41) is 1.46. The predicted octanol–water partition coefficient (Wildman–Crippen LogP) is 6.89. The van der Waals surface area contributed by atoms with Crippen molar-refractivity contribution in [1.29, 1.82) is 0 Å². The van der Waals surface area contributed by atoms with Crippen LogP contribution in [-0.4, -0.2) is 13.0 Å². The van der Waals surface area contributed by atoms with Crippen LogP contribution in [0.3, 0.4) is 0 Å². The van der Waals surface area contributed by atoms with Crippen LogP contribution in [0.5, 0.6) is 0 Å².